The van der Waals surface area contributed by atoms with E-state index in [1.807, 2.05) is 4.90 Å². The van der Waals surface area contributed by atoms with E-state index in [0.717, 1.165) is 0 Å². The number of nitrogen functional groups attached to an aromatic ring is 1. The third-order valence-electron chi connectivity index (χ3n) is 3.47. The highest BCUT2D eigenvalue weighted by Gasteiger charge is 2.24. The smallest absolute Gasteiger partial charge is 0.326 e. The largest absolute Gasteiger partial charge is 0.395 e. The highest BCUT2D eigenvalue weighted by Crippen LogP contribution is 2.33. The number of nitrogens with two attached hydrogens (primary N) is 1. The molecule has 2 heterocycles. The minimum absolute atomic E-state index is 0.0242. The molecule has 0 unspecified atom stereocenters. The Morgan fingerprint density at radius 3 is 2.74 bits per heavy atom. The molecule has 0 bridgehead atoms. The summed E-state index contributed by atoms with van der Waals surface area (Å²) >= 11 is 0. The van der Waals surface area contributed by atoms with Gasteiger partial charge in [0.1, 0.15) is 5.69 Å². The van der Waals surface area contributed by atoms with E-state index in [2.05, 4.69) is 15.3 Å². The van der Waals surface area contributed by atoms with E-state index >= 15 is 0 Å². The summed E-state index contributed by atoms with van der Waals surface area (Å²) in [5, 5.41) is 12.0. The van der Waals surface area contributed by atoms with Crippen LogP contribution in [0.15, 0.2) is 4.79 Å². The highest BCUT2D eigenvalue weighted by atomic mass is 31.2. The summed E-state index contributed by atoms with van der Waals surface area (Å²) < 4.78 is 11.0. The van der Waals surface area contributed by atoms with Crippen LogP contribution < -0.4 is 21.5 Å². The molecular weight excluding hydrogens is 327 g/mol. The summed E-state index contributed by atoms with van der Waals surface area (Å²) in [5.41, 5.74) is 5.55. The first-order valence-corrected chi connectivity index (χ1v) is 8.86. The van der Waals surface area contributed by atoms with Gasteiger partial charge in [0.25, 0.3) is 5.56 Å². The molecule has 23 heavy (non-hydrogen) atoms. The normalized spacial score (nSPS) is 14.2. The highest BCUT2D eigenvalue weighted by molar-refractivity contribution is 7.51. The lowest BCUT2D eigenvalue weighted by Gasteiger charge is -2.25. The topological polar surface area (TPSA) is 168 Å². The van der Waals surface area contributed by atoms with Crippen LogP contribution in [0.2, 0.25) is 0 Å². The maximum atomic E-state index is 11.7. The fourth-order valence-corrected chi connectivity index (χ4v) is 2.85. The molecule has 0 aliphatic carbocycles. The molecule has 0 saturated carbocycles. The molecular formula is C11H21N6O5P. The number of hydrogen-bond donors (Lipinski definition) is 6. The Hall–Kier alpha value is -1.65. The van der Waals surface area contributed by atoms with Crippen LogP contribution in [0.4, 0.5) is 17.5 Å². The van der Waals surface area contributed by atoms with Crippen molar-refractivity contribution in [3.63, 3.8) is 0 Å². The summed E-state index contributed by atoms with van der Waals surface area (Å²) in [7, 11) is -4.08. The lowest BCUT2D eigenvalue weighted by atomic mass is 10.4. The Labute approximate surface area is 132 Å². The number of H-pyrrole nitrogens is 1. The Kier molecular flexibility index (Phi) is 5.60. The fourth-order valence-electron chi connectivity index (χ4n) is 2.31. The number of nitrogens with one attached hydrogen (secondary N) is 2. The van der Waals surface area contributed by atoms with Gasteiger partial charge in [-0.25, -0.2) is 0 Å². The predicted molar refractivity (Wildman–Crippen MR) is 85.5 cm³/mol. The van der Waals surface area contributed by atoms with Crippen molar-refractivity contribution in [2.75, 3.05) is 61.6 Å². The first kappa shape index (κ1) is 17.7. The van der Waals surface area contributed by atoms with Gasteiger partial charge in [-0.05, 0) is 0 Å². The number of nitrogens with zero attached hydrogens (tertiary/aromatic N) is 3. The van der Waals surface area contributed by atoms with E-state index in [4.69, 9.17) is 20.6 Å². The molecule has 0 fully saturated rings. The average Bonchev–Trinajstić information content (AvgIpc) is 2.84. The lowest BCUT2D eigenvalue weighted by molar-refractivity contribution is 0.203. The number of aromatic amines is 1. The van der Waals surface area contributed by atoms with Crippen molar-refractivity contribution in [2.24, 2.45) is 0 Å². The molecule has 130 valence electrons. The monoisotopic (exact) mass is 348 g/mol. The standard InChI is InChI=1S/C11H21N6O5P/c12-11-14-9-8(10(19)15-11)13-7-17(9)2-1-16(3-5-18)4-6-23(20,21)22/h13,18H,1-7H2,(H2,20,21,22)(H3,12,14,15,19). The van der Waals surface area contributed by atoms with Crippen molar-refractivity contribution >= 4 is 25.0 Å². The molecule has 0 radical (unpaired) electrons. The average molecular weight is 348 g/mol. The van der Waals surface area contributed by atoms with Crippen LogP contribution in [0.1, 0.15) is 0 Å². The predicted octanol–water partition coefficient (Wildman–Crippen LogP) is -1.99. The van der Waals surface area contributed by atoms with Gasteiger partial charge in [0.05, 0.1) is 19.4 Å². The molecule has 0 atom stereocenters. The van der Waals surface area contributed by atoms with Gasteiger partial charge in [-0.1, -0.05) is 0 Å². The Balaban J connectivity index is 1.98. The Bertz CT molecular complexity index is 646. The van der Waals surface area contributed by atoms with E-state index < -0.39 is 7.60 Å². The summed E-state index contributed by atoms with van der Waals surface area (Å²) in [5.74, 6) is 0.473. The number of aliphatic hydroxyl groups excluding tert-OH is 1. The summed E-state index contributed by atoms with van der Waals surface area (Å²) in [6.45, 7) is 1.68. The maximum absolute atomic E-state index is 11.7. The number of anilines is 3. The molecule has 11 nitrogen and oxygen atoms in total. The molecule has 0 spiro atoms. The van der Waals surface area contributed by atoms with Crippen LogP contribution in [-0.4, -0.2) is 75.4 Å². The van der Waals surface area contributed by atoms with Crippen molar-refractivity contribution in [3.05, 3.63) is 10.4 Å². The van der Waals surface area contributed by atoms with E-state index in [1.165, 1.54) is 0 Å². The van der Waals surface area contributed by atoms with Gasteiger partial charge in [0.2, 0.25) is 5.95 Å². The zero-order chi connectivity index (χ0) is 17.0. The van der Waals surface area contributed by atoms with Crippen molar-refractivity contribution in [3.8, 4) is 0 Å². The van der Waals surface area contributed by atoms with Crippen LogP contribution >= 0.6 is 7.60 Å². The van der Waals surface area contributed by atoms with Crippen LogP contribution in [0.3, 0.4) is 0 Å². The molecule has 1 aromatic heterocycles. The fraction of sp³-hybridized carbons (Fsp3) is 0.636. The Morgan fingerprint density at radius 1 is 1.35 bits per heavy atom. The molecule has 7 N–H and O–H groups in total. The number of rotatable bonds is 8. The second kappa shape index (κ2) is 7.28. The summed E-state index contributed by atoms with van der Waals surface area (Å²) in [6, 6.07) is 0. The molecule has 0 amide bonds. The van der Waals surface area contributed by atoms with Crippen LogP contribution in [0, 0.1) is 0 Å². The zero-order valence-electron chi connectivity index (χ0n) is 12.5. The number of aromatic nitrogens is 2. The number of aliphatic hydroxyl groups is 1. The van der Waals surface area contributed by atoms with Crippen molar-refractivity contribution in [2.45, 2.75) is 0 Å². The zero-order valence-corrected chi connectivity index (χ0v) is 13.4. The van der Waals surface area contributed by atoms with E-state index in [0.29, 0.717) is 37.8 Å². The Morgan fingerprint density at radius 2 is 2.09 bits per heavy atom. The van der Waals surface area contributed by atoms with Crippen LogP contribution in [-0.2, 0) is 4.57 Å². The summed E-state index contributed by atoms with van der Waals surface area (Å²) in [6.07, 6.45) is -0.271. The van der Waals surface area contributed by atoms with Gasteiger partial charge in [-0.2, -0.15) is 4.98 Å². The van der Waals surface area contributed by atoms with Gasteiger partial charge < -0.3 is 30.8 Å². The molecule has 1 aliphatic heterocycles. The third-order valence-corrected chi connectivity index (χ3v) is 4.26. The molecule has 0 saturated heterocycles. The van der Waals surface area contributed by atoms with E-state index in [9.17, 15) is 9.36 Å². The minimum Gasteiger partial charge on any atom is -0.395 e. The maximum Gasteiger partial charge on any atom is 0.326 e. The van der Waals surface area contributed by atoms with Gasteiger partial charge in [-0.3, -0.25) is 19.2 Å². The molecule has 2 rings (SSSR count). The lowest BCUT2D eigenvalue weighted by Crippen LogP contribution is -2.38. The first-order valence-electron chi connectivity index (χ1n) is 7.06. The van der Waals surface area contributed by atoms with Gasteiger partial charge in [0, 0.05) is 26.2 Å². The van der Waals surface area contributed by atoms with Crippen molar-refractivity contribution in [1.29, 1.82) is 0 Å². The number of fused-ring (bicyclic) bond motifs is 1. The first-order chi connectivity index (χ1) is 10.8. The van der Waals surface area contributed by atoms with Gasteiger partial charge in [0.15, 0.2) is 5.82 Å². The van der Waals surface area contributed by atoms with E-state index in [-0.39, 0.29) is 30.8 Å². The third kappa shape index (κ3) is 4.91. The number of hydrogen-bond acceptors (Lipinski definition) is 8. The quantitative estimate of drug-likeness (QED) is 0.289. The molecule has 12 heteroatoms. The van der Waals surface area contributed by atoms with Gasteiger partial charge in [-0.15, -0.1) is 0 Å². The van der Waals surface area contributed by atoms with Crippen molar-refractivity contribution in [1.82, 2.24) is 14.9 Å². The molecule has 1 aromatic rings. The second-order valence-electron chi connectivity index (χ2n) is 5.20. The summed E-state index contributed by atoms with van der Waals surface area (Å²) in [4.78, 5) is 39.7. The van der Waals surface area contributed by atoms with Gasteiger partial charge >= 0.3 is 7.60 Å². The molecule has 1 aliphatic rings. The van der Waals surface area contributed by atoms with E-state index in [1.54, 1.807) is 4.90 Å². The van der Waals surface area contributed by atoms with Crippen molar-refractivity contribution < 1.29 is 19.5 Å². The van der Waals surface area contributed by atoms with Crippen LogP contribution in [0.25, 0.3) is 0 Å². The molecule has 0 aromatic carbocycles. The minimum atomic E-state index is -4.08. The second-order valence-corrected chi connectivity index (χ2v) is 6.98. The SMILES string of the molecule is Nc1nc2c(c(=O)[nH]1)NCN2CCN(CCO)CCP(=O)(O)O. The van der Waals surface area contributed by atoms with Crippen LogP contribution in [0.5, 0.6) is 0 Å².